The fraction of sp³-hybridized carbons (Fsp3) is 0.500. The molecule has 0 radical (unpaired) electrons. The zero-order valence-electron chi connectivity index (χ0n) is 12.7. The number of carboxylic acids is 1. The maximum atomic E-state index is 12.2. The largest absolute Gasteiger partial charge is 0.481 e. The number of carbonyl (C=O) groups excluding carboxylic acids is 2. The van der Waals surface area contributed by atoms with Crippen molar-refractivity contribution in [2.24, 2.45) is 5.92 Å². The molecule has 2 heterocycles. The Labute approximate surface area is 131 Å². The van der Waals surface area contributed by atoms with Crippen LogP contribution in [0.5, 0.6) is 0 Å². The van der Waals surface area contributed by atoms with Crippen molar-refractivity contribution in [1.82, 2.24) is 20.0 Å². The molecule has 0 spiro atoms. The molecule has 124 valence electrons. The molecule has 1 aromatic rings. The zero-order chi connectivity index (χ0) is 17.0. The van der Waals surface area contributed by atoms with Crippen molar-refractivity contribution in [1.29, 1.82) is 0 Å². The number of hydrogen-bond acceptors (Lipinski definition) is 5. The third kappa shape index (κ3) is 4.15. The number of nitrogens with one attached hydrogen (secondary N) is 1. The summed E-state index contributed by atoms with van der Waals surface area (Å²) in [5.74, 6) is -2.28. The van der Waals surface area contributed by atoms with Gasteiger partial charge in [0.1, 0.15) is 5.69 Å². The Hall–Kier alpha value is -2.71. The lowest BCUT2D eigenvalue weighted by Gasteiger charge is -2.31. The highest BCUT2D eigenvalue weighted by atomic mass is 16.4. The number of nitrogens with zero attached hydrogens (tertiary/aromatic N) is 3. The molecular weight excluding hydrogens is 304 g/mol. The summed E-state index contributed by atoms with van der Waals surface area (Å²) in [4.78, 5) is 49.0. The second-order valence-electron chi connectivity index (χ2n) is 5.48. The van der Waals surface area contributed by atoms with Gasteiger partial charge in [-0.3, -0.25) is 19.2 Å². The first-order chi connectivity index (χ1) is 10.9. The number of aliphatic carboxylic acids is 1. The van der Waals surface area contributed by atoms with Gasteiger partial charge in [-0.05, 0) is 18.9 Å². The Morgan fingerprint density at radius 1 is 1.43 bits per heavy atom. The molecule has 1 atom stereocenters. The molecule has 0 aromatic carbocycles. The van der Waals surface area contributed by atoms with Crippen LogP contribution in [0.15, 0.2) is 16.9 Å². The number of likely N-dealkylation sites (tertiary alicyclic amines) is 1. The molecular formula is C14H18N4O5. The highest BCUT2D eigenvalue weighted by Gasteiger charge is 2.29. The highest BCUT2D eigenvalue weighted by Crippen LogP contribution is 2.16. The fourth-order valence-corrected chi connectivity index (χ4v) is 2.44. The lowest BCUT2D eigenvalue weighted by molar-refractivity contribution is -0.145. The third-order valence-corrected chi connectivity index (χ3v) is 3.74. The average Bonchev–Trinajstić information content (AvgIpc) is 2.54. The van der Waals surface area contributed by atoms with Gasteiger partial charge in [-0.1, -0.05) is 0 Å². The highest BCUT2D eigenvalue weighted by molar-refractivity contribution is 5.94. The molecule has 1 unspecified atom stereocenters. The van der Waals surface area contributed by atoms with Crippen molar-refractivity contribution in [3.8, 4) is 0 Å². The van der Waals surface area contributed by atoms with E-state index >= 15 is 0 Å². The number of hydrogen-bond donors (Lipinski definition) is 2. The second kappa shape index (κ2) is 7.03. The first kappa shape index (κ1) is 16.7. The van der Waals surface area contributed by atoms with Crippen molar-refractivity contribution < 1.29 is 19.5 Å². The van der Waals surface area contributed by atoms with Gasteiger partial charge in [0, 0.05) is 26.2 Å². The molecule has 1 aliphatic rings. The maximum Gasteiger partial charge on any atom is 0.308 e. The first-order valence-electron chi connectivity index (χ1n) is 7.20. The maximum absolute atomic E-state index is 12.2. The minimum atomic E-state index is -0.913. The Morgan fingerprint density at radius 3 is 2.78 bits per heavy atom. The fourth-order valence-electron chi connectivity index (χ4n) is 2.44. The van der Waals surface area contributed by atoms with Crippen molar-refractivity contribution >= 4 is 17.8 Å². The number of piperidine rings is 1. The van der Waals surface area contributed by atoms with Crippen LogP contribution in [0.4, 0.5) is 0 Å². The van der Waals surface area contributed by atoms with Gasteiger partial charge in [-0.15, -0.1) is 0 Å². The van der Waals surface area contributed by atoms with Crippen LogP contribution in [0, 0.1) is 5.92 Å². The third-order valence-electron chi connectivity index (χ3n) is 3.74. The minimum absolute atomic E-state index is 0.0296. The van der Waals surface area contributed by atoms with E-state index < -0.39 is 23.4 Å². The van der Waals surface area contributed by atoms with Crippen LogP contribution in [-0.4, -0.2) is 69.6 Å². The van der Waals surface area contributed by atoms with E-state index in [1.165, 1.54) is 29.0 Å². The topological polar surface area (TPSA) is 124 Å². The lowest BCUT2D eigenvalue weighted by Crippen LogP contribution is -2.47. The van der Waals surface area contributed by atoms with E-state index in [-0.39, 0.29) is 24.7 Å². The van der Waals surface area contributed by atoms with E-state index in [9.17, 15) is 19.2 Å². The van der Waals surface area contributed by atoms with Crippen LogP contribution in [0.2, 0.25) is 0 Å². The number of carboxylic acid groups (broad SMARTS) is 1. The first-order valence-corrected chi connectivity index (χ1v) is 7.20. The van der Waals surface area contributed by atoms with Crippen molar-refractivity contribution in [2.75, 3.05) is 26.7 Å². The summed E-state index contributed by atoms with van der Waals surface area (Å²) >= 11 is 0. The van der Waals surface area contributed by atoms with Gasteiger partial charge >= 0.3 is 5.97 Å². The van der Waals surface area contributed by atoms with Crippen LogP contribution in [0.3, 0.4) is 0 Å². The van der Waals surface area contributed by atoms with Gasteiger partial charge in [0.15, 0.2) is 0 Å². The van der Waals surface area contributed by atoms with Crippen LogP contribution in [-0.2, 0) is 9.59 Å². The molecule has 1 aliphatic heterocycles. The Morgan fingerprint density at radius 2 is 2.17 bits per heavy atom. The van der Waals surface area contributed by atoms with E-state index in [0.717, 1.165) is 0 Å². The molecule has 0 aliphatic carbocycles. The summed E-state index contributed by atoms with van der Waals surface area (Å²) in [6, 6.07) is 2.46. The Bertz CT molecular complexity index is 651. The van der Waals surface area contributed by atoms with Crippen molar-refractivity contribution in [2.45, 2.75) is 12.8 Å². The summed E-state index contributed by atoms with van der Waals surface area (Å²) in [5.41, 5.74) is -0.393. The van der Waals surface area contributed by atoms with Gasteiger partial charge in [0.25, 0.3) is 11.5 Å². The van der Waals surface area contributed by atoms with Crippen LogP contribution >= 0.6 is 0 Å². The SMILES string of the molecule is CN(CC(=O)N1CCCC(C(=O)O)C1)C(=O)c1ccc(=O)[nH]n1. The molecule has 9 heteroatoms. The molecule has 2 rings (SSSR count). The zero-order valence-corrected chi connectivity index (χ0v) is 12.7. The normalized spacial score (nSPS) is 17.6. The van der Waals surface area contributed by atoms with Crippen LogP contribution < -0.4 is 5.56 Å². The van der Waals surface area contributed by atoms with Gasteiger partial charge in [-0.25, -0.2) is 5.10 Å². The van der Waals surface area contributed by atoms with Gasteiger partial charge in [0.2, 0.25) is 5.91 Å². The summed E-state index contributed by atoms with van der Waals surface area (Å²) < 4.78 is 0. The Kier molecular flexibility index (Phi) is 5.09. The summed E-state index contributed by atoms with van der Waals surface area (Å²) in [6.45, 7) is 0.473. The molecule has 2 amide bonds. The molecule has 0 saturated carbocycles. The van der Waals surface area contributed by atoms with Gasteiger partial charge in [-0.2, -0.15) is 5.10 Å². The van der Waals surface area contributed by atoms with Crippen molar-refractivity contribution in [3.63, 3.8) is 0 Å². The molecule has 0 bridgehead atoms. The number of rotatable bonds is 4. The summed E-state index contributed by atoms with van der Waals surface area (Å²) in [7, 11) is 1.45. The average molecular weight is 322 g/mol. The predicted octanol–water partition coefficient (Wildman–Crippen LogP) is -0.835. The number of H-pyrrole nitrogens is 1. The molecule has 1 saturated heterocycles. The smallest absolute Gasteiger partial charge is 0.308 e. The lowest BCUT2D eigenvalue weighted by atomic mass is 9.98. The van der Waals surface area contributed by atoms with E-state index in [2.05, 4.69) is 10.2 Å². The molecule has 1 aromatic heterocycles. The van der Waals surface area contributed by atoms with Crippen LogP contribution in [0.1, 0.15) is 23.3 Å². The quantitative estimate of drug-likeness (QED) is 0.745. The number of amides is 2. The molecule has 1 fully saturated rings. The number of carbonyl (C=O) groups is 3. The predicted molar refractivity (Wildman–Crippen MR) is 78.8 cm³/mol. The Balaban J connectivity index is 1.96. The van der Waals surface area contributed by atoms with E-state index in [4.69, 9.17) is 5.11 Å². The molecule has 2 N–H and O–H groups in total. The number of likely N-dealkylation sites (N-methyl/N-ethyl adjacent to an activating group) is 1. The molecule has 23 heavy (non-hydrogen) atoms. The van der Waals surface area contributed by atoms with Crippen LogP contribution in [0.25, 0.3) is 0 Å². The second-order valence-corrected chi connectivity index (χ2v) is 5.48. The number of aromatic nitrogens is 2. The van der Waals surface area contributed by atoms with Gasteiger partial charge in [0.05, 0.1) is 12.5 Å². The van der Waals surface area contributed by atoms with E-state index in [1.54, 1.807) is 0 Å². The summed E-state index contributed by atoms with van der Waals surface area (Å²) in [5, 5.41) is 14.8. The standard InChI is InChI=1S/C14H18N4O5/c1-17(13(21)10-4-5-11(19)16-15-10)8-12(20)18-6-2-3-9(7-18)14(22)23/h4-5,9H,2-3,6-8H2,1H3,(H,16,19)(H,22,23). The van der Waals surface area contributed by atoms with E-state index in [0.29, 0.717) is 19.4 Å². The van der Waals surface area contributed by atoms with Crippen molar-refractivity contribution in [3.05, 3.63) is 28.2 Å². The minimum Gasteiger partial charge on any atom is -0.481 e. The molecule has 9 nitrogen and oxygen atoms in total. The van der Waals surface area contributed by atoms with E-state index in [1.807, 2.05) is 0 Å². The summed E-state index contributed by atoms with van der Waals surface area (Å²) in [6.07, 6.45) is 1.18. The van der Waals surface area contributed by atoms with Gasteiger partial charge < -0.3 is 14.9 Å². The monoisotopic (exact) mass is 322 g/mol. The number of aromatic amines is 1.